The van der Waals surface area contributed by atoms with Crippen molar-refractivity contribution in [3.8, 4) is 0 Å². The van der Waals surface area contributed by atoms with E-state index in [9.17, 15) is 18.7 Å². The van der Waals surface area contributed by atoms with Crippen LogP contribution < -0.4 is 0 Å². The van der Waals surface area contributed by atoms with E-state index in [4.69, 9.17) is 4.74 Å². The third-order valence-corrected chi connectivity index (χ3v) is 5.82. The van der Waals surface area contributed by atoms with E-state index < -0.39 is 29.8 Å². The van der Waals surface area contributed by atoms with E-state index in [-0.39, 0.29) is 19.4 Å². The third-order valence-electron chi connectivity index (χ3n) is 5.82. The number of ether oxygens (including phenoxy) is 1. The molecule has 1 aliphatic heterocycles. The smallest absolute Gasteiger partial charge is 0.343 e. The highest BCUT2D eigenvalue weighted by Gasteiger charge is 2.54. The van der Waals surface area contributed by atoms with Gasteiger partial charge in [0.05, 0.1) is 27.2 Å². The van der Waals surface area contributed by atoms with E-state index >= 15 is 0 Å². The Morgan fingerprint density at radius 3 is 2.59 bits per heavy atom. The Balaban J connectivity index is 1.77. The summed E-state index contributed by atoms with van der Waals surface area (Å²) in [5.74, 6) is -4.56. The van der Waals surface area contributed by atoms with Crippen LogP contribution in [0.1, 0.15) is 31.2 Å². The molecule has 4 nitrogen and oxygen atoms in total. The van der Waals surface area contributed by atoms with Crippen molar-refractivity contribution in [2.45, 2.75) is 37.2 Å². The summed E-state index contributed by atoms with van der Waals surface area (Å²) in [5.41, 5.74) is -0.729. The van der Waals surface area contributed by atoms with Crippen LogP contribution in [0.4, 0.5) is 8.78 Å². The quantitative estimate of drug-likeness (QED) is 0.485. The number of hydrogen-bond donors (Lipinski definition) is 1. The van der Waals surface area contributed by atoms with Gasteiger partial charge in [-0.25, -0.2) is 13.6 Å². The lowest BCUT2D eigenvalue weighted by Gasteiger charge is -2.34. The van der Waals surface area contributed by atoms with Crippen molar-refractivity contribution < 1.29 is 27.9 Å². The Kier molecular flexibility index (Phi) is 5.41. The number of rotatable bonds is 5. The summed E-state index contributed by atoms with van der Waals surface area (Å²) in [5, 5.41) is 11.3. The third kappa shape index (κ3) is 4.38. The minimum absolute atomic E-state index is 0.0852. The molecule has 1 heterocycles. The summed E-state index contributed by atoms with van der Waals surface area (Å²) in [6.07, 6.45) is 2.12. The van der Waals surface area contributed by atoms with Crippen molar-refractivity contribution in [3.63, 3.8) is 0 Å². The van der Waals surface area contributed by atoms with E-state index in [0.717, 1.165) is 29.6 Å². The SMILES string of the molecule is C[N+]1(C)CC=C(COC(=O)[C@](O)(c2ccccc2)[C@@H]2CCC(F)(F)C2)CC1. The summed E-state index contributed by atoms with van der Waals surface area (Å²) < 4.78 is 33.9. The van der Waals surface area contributed by atoms with Gasteiger partial charge in [-0.3, -0.25) is 0 Å². The highest BCUT2D eigenvalue weighted by Crippen LogP contribution is 2.47. The zero-order valence-corrected chi connectivity index (χ0v) is 16.0. The molecular weight excluding hydrogens is 352 g/mol. The number of likely N-dealkylation sites (N-methyl/N-ethyl adjacent to an activating group) is 1. The van der Waals surface area contributed by atoms with Gasteiger partial charge in [0.25, 0.3) is 0 Å². The normalized spacial score (nSPS) is 26.1. The number of nitrogens with zero attached hydrogens (tertiary/aromatic N) is 1. The van der Waals surface area contributed by atoms with E-state index in [0.29, 0.717) is 5.56 Å². The molecule has 0 amide bonds. The van der Waals surface area contributed by atoms with Gasteiger partial charge in [-0.15, -0.1) is 0 Å². The van der Waals surface area contributed by atoms with Gasteiger partial charge in [0.2, 0.25) is 5.92 Å². The summed E-state index contributed by atoms with van der Waals surface area (Å²) in [7, 11) is 4.27. The molecule has 1 aliphatic carbocycles. The van der Waals surface area contributed by atoms with Crippen molar-refractivity contribution >= 4 is 5.97 Å². The van der Waals surface area contributed by atoms with Gasteiger partial charge in [-0.1, -0.05) is 30.3 Å². The number of hydrogen-bond acceptors (Lipinski definition) is 3. The maximum absolute atomic E-state index is 13.8. The molecule has 1 fully saturated rings. The van der Waals surface area contributed by atoms with Gasteiger partial charge >= 0.3 is 5.97 Å². The lowest BCUT2D eigenvalue weighted by atomic mass is 9.80. The topological polar surface area (TPSA) is 46.5 Å². The number of carbonyl (C=O) groups is 1. The minimum Gasteiger partial charge on any atom is -0.459 e. The minimum atomic E-state index is -2.86. The fraction of sp³-hybridized carbons (Fsp3) is 0.571. The molecule has 0 spiro atoms. The largest absolute Gasteiger partial charge is 0.459 e. The van der Waals surface area contributed by atoms with Gasteiger partial charge < -0.3 is 14.3 Å². The molecule has 1 aromatic carbocycles. The maximum Gasteiger partial charge on any atom is 0.343 e. The molecule has 0 aromatic heterocycles. The summed E-state index contributed by atoms with van der Waals surface area (Å²) >= 11 is 0. The number of quaternary nitrogens is 1. The van der Waals surface area contributed by atoms with E-state index in [2.05, 4.69) is 20.2 Å². The average molecular weight is 380 g/mol. The Morgan fingerprint density at radius 2 is 2.04 bits per heavy atom. The van der Waals surface area contributed by atoms with E-state index in [1.54, 1.807) is 30.3 Å². The van der Waals surface area contributed by atoms with Crippen LogP contribution >= 0.6 is 0 Å². The van der Waals surface area contributed by atoms with Crippen molar-refractivity contribution in [2.24, 2.45) is 5.92 Å². The molecule has 2 aliphatic rings. The molecule has 0 bridgehead atoms. The van der Waals surface area contributed by atoms with Crippen LogP contribution in [0.5, 0.6) is 0 Å². The predicted molar refractivity (Wildman–Crippen MR) is 98.1 cm³/mol. The summed E-state index contributed by atoms with van der Waals surface area (Å²) in [4.78, 5) is 12.9. The monoisotopic (exact) mass is 380 g/mol. The van der Waals surface area contributed by atoms with E-state index in [1.165, 1.54) is 0 Å². The highest BCUT2D eigenvalue weighted by atomic mass is 19.3. The fourth-order valence-electron chi connectivity index (χ4n) is 3.93. The predicted octanol–water partition coefficient (Wildman–Crippen LogP) is 3.26. The standard InChI is InChI=1S/C21H28F2NO3/c1-24(2)12-9-16(10-13-24)15-27-19(25)21(26,17-6-4-3-5-7-17)18-8-11-20(22,23)14-18/h3-7,9,18,26H,8,10-15H2,1-2H3/q+1/t18-,21+/m1/s1. The lowest BCUT2D eigenvalue weighted by molar-refractivity contribution is -0.886. The number of halogens is 2. The number of esters is 1. The Hall–Kier alpha value is -1.79. The second kappa shape index (κ2) is 7.32. The molecule has 148 valence electrons. The molecule has 1 aromatic rings. The molecule has 0 radical (unpaired) electrons. The van der Waals surface area contributed by atoms with E-state index in [1.807, 2.05) is 0 Å². The molecule has 3 rings (SSSR count). The molecule has 0 saturated heterocycles. The molecule has 1 saturated carbocycles. The Morgan fingerprint density at radius 1 is 1.33 bits per heavy atom. The number of benzene rings is 1. The van der Waals surface area contributed by atoms with Gasteiger partial charge in [0.1, 0.15) is 6.61 Å². The molecule has 27 heavy (non-hydrogen) atoms. The zero-order valence-electron chi connectivity index (χ0n) is 16.0. The van der Waals surface area contributed by atoms with Gasteiger partial charge in [-0.2, -0.15) is 0 Å². The first-order chi connectivity index (χ1) is 12.6. The number of alkyl halides is 2. The molecule has 0 unspecified atom stereocenters. The number of aliphatic hydroxyl groups is 1. The second-order valence-electron chi connectivity index (χ2n) is 8.46. The summed E-state index contributed by atoms with van der Waals surface area (Å²) in [6, 6.07) is 8.31. The first-order valence-electron chi connectivity index (χ1n) is 9.45. The van der Waals surface area contributed by atoms with Crippen molar-refractivity contribution in [3.05, 3.63) is 47.5 Å². The van der Waals surface area contributed by atoms with Crippen LogP contribution in [0, 0.1) is 5.92 Å². The molecular formula is C21H28F2NO3+. The fourth-order valence-corrected chi connectivity index (χ4v) is 3.93. The van der Waals surface area contributed by atoms with Gasteiger partial charge in [-0.05, 0) is 23.6 Å². The first kappa shape index (κ1) is 20.0. The molecule has 6 heteroatoms. The number of carbonyl (C=O) groups excluding carboxylic acids is 1. The Bertz CT molecular complexity index is 717. The van der Waals surface area contributed by atoms with Crippen LogP contribution in [-0.4, -0.2) is 55.3 Å². The van der Waals surface area contributed by atoms with Crippen molar-refractivity contribution in [2.75, 3.05) is 33.8 Å². The highest BCUT2D eigenvalue weighted by molar-refractivity contribution is 5.81. The lowest BCUT2D eigenvalue weighted by Crippen LogP contribution is -2.45. The first-order valence-corrected chi connectivity index (χ1v) is 9.45. The van der Waals surface area contributed by atoms with Crippen LogP contribution in [-0.2, 0) is 15.1 Å². The van der Waals surface area contributed by atoms with Crippen LogP contribution in [0.25, 0.3) is 0 Å². The maximum atomic E-state index is 13.8. The van der Waals surface area contributed by atoms with Gasteiger partial charge in [0.15, 0.2) is 5.60 Å². The zero-order chi connectivity index (χ0) is 19.7. The molecule has 2 atom stereocenters. The Labute approximate surface area is 159 Å². The van der Waals surface area contributed by atoms with Crippen molar-refractivity contribution in [1.82, 2.24) is 0 Å². The van der Waals surface area contributed by atoms with Crippen LogP contribution in [0.15, 0.2) is 42.0 Å². The van der Waals surface area contributed by atoms with Crippen molar-refractivity contribution in [1.29, 1.82) is 0 Å². The molecule has 1 N–H and O–H groups in total. The average Bonchev–Trinajstić information content (AvgIpc) is 3.01. The van der Waals surface area contributed by atoms with Crippen LogP contribution in [0.2, 0.25) is 0 Å². The van der Waals surface area contributed by atoms with Gasteiger partial charge in [0, 0.05) is 25.2 Å². The second-order valence-corrected chi connectivity index (χ2v) is 8.46. The summed E-state index contributed by atoms with van der Waals surface area (Å²) in [6.45, 7) is 1.89. The van der Waals surface area contributed by atoms with Crippen LogP contribution in [0.3, 0.4) is 0 Å².